The number of carbonyl (C=O) groups is 4. The Hall–Kier alpha value is -1.94. The Labute approximate surface area is 594 Å². The first-order valence-electron chi connectivity index (χ1n) is 40.2. The molecule has 3 unspecified atom stereocenters. The molecule has 0 heterocycles. The summed E-state index contributed by atoms with van der Waals surface area (Å²) in [6, 6.07) is 0. The smallest absolute Gasteiger partial charge is 0.462 e. The third-order valence-electron chi connectivity index (χ3n) is 18.4. The summed E-state index contributed by atoms with van der Waals surface area (Å²) >= 11 is 0. The zero-order chi connectivity index (χ0) is 71.7. The van der Waals surface area contributed by atoms with Gasteiger partial charge >= 0.3 is 39.5 Å². The van der Waals surface area contributed by atoms with Crippen LogP contribution in [0.3, 0.4) is 0 Å². The van der Waals surface area contributed by atoms with Crippen molar-refractivity contribution in [2.75, 3.05) is 39.6 Å². The molecular formula is C78H152O17P2. The summed E-state index contributed by atoms with van der Waals surface area (Å²) in [5.41, 5.74) is 0. The molecule has 0 aliphatic rings. The van der Waals surface area contributed by atoms with Crippen LogP contribution in [0.5, 0.6) is 0 Å². The minimum atomic E-state index is -4.96. The predicted molar refractivity (Wildman–Crippen MR) is 395 cm³/mol. The fourth-order valence-electron chi connectivity index (χ4n) is 11.9. The lowest BCUT2D eigenvalue weighted by Gasteiger charge is -2.21. The molecule has 97 heavy (non-hydrogen) atoms. The van der Waals surface area contributed by atoms with E-state index in [1.807, 2.05) is 0 Å². The van der Waals surface area contributed by atoms with Crippen LogP contribution < -0.4 is 0 Å². The molecule has 3 N–H and O–H groups in total. The van der Waals surface area contributed by atoms with Crippen molar-refractivity contribution in [1.82, 2.24) is 0 Å². The van der Waals surface area contributed by atoms with E-state index in [-0.39, 0.29) is 25.7 Å². The molecule has 0 aromatic heterocycles. The Morgan fingerprint density at radius 2 is 0.495 bits per heavy atom. The predicted octanol–water partition coefficient (Wildman–Crippen LogP) is 22.8. The molecule has 0 spiro atoms. The van der Waals surface area contributed by atoms with Gasteiger partial charge in [0.25, 0.3) is 0 Å². The van der Waals surface area contributed by atoms with Gasteiger partial charge in [-0.3, -0.25) is 37.3 Å². The van der Waals surface area contributed by atoms with E-state index < -0.39 is 97.5 Å². The van der Waals surface area contributed by atoms with Gasteiger partial charge in [0.05, 0.1) is 26.4 Å². The molecule has 0 radical (unpaired) electrons. The van der Waals surface area contributed by atoms with E-state index in [9.17, 15) is 43.2 Å². The van der Waals surface area contributed by atoms with Crippen molar-refractivity contribution in [3.8, 4) is 0 Å². The van der Waals surface area contributed by atoms with Crippen LogP contribution in [-0.2, 0) is 65.4 Å². The number of carbonyl (C=O) groups excluding carboxylic acids is 4. The van der Waals surface area contributed by atoms with Gasteiger partial charge in [0.1, 0.15) is 19.3 Å². The van der Waals surface area contributed by atoms with E-state index in [0.717, 1.165) is 114 Å². The number of hydrogen-bond donors (Lipinski definition) is 3. The van der Waals surface area contributed by atoms with Crippen LogP contribution in [0.2, 0.25) is 0 Å². The highest BCUT2D eigenvalue weighted by atomic mass is 31.2. The molecule has 0 aliphatic carbocycles. The molecule has 6 atom stereocenters. The Bertz CT molecular complexity index is 1900. The molecule has 0 bridgehead atoms. The molecule has 0 aromatic rings. The van der Waals surface area contributed by atoms with Crippen molar-refractivity contribution < 1.29 is 80.2 Å². The van der Waals surface area contributed by atoms with Crippen LogP contribution in [0.1, 0.15) is 396 Å². The van der Waals surface area contributed by atoms with Gasteiger partial charge in [-0.1, -0.05) is 344 Å². The summed E-state index contributed by atoms with van der Waals surface area (Å²) in [5.74, 6) is 1.00. The first kappa shape index (κ1) is 95.1. The van der Waals surface area contributed by atoms with Crippen molar-refractivity contribution in [1.29, 1.82) is 0 Å². The first-order valence-corrected chi connectivity index (χ1v) is 43.2. The van der Waals surface area contributed by atoms with E-state index in [0.29, 0.717) is 25.7 Å². The van der Waals surface area contributed by atoms with E-state index in [1.165, 1.54) is 199 Å². The maximum absolute atomic E-state index is 13.1. The molecule has 17 nitrogen and oxygen atoms in total. The van der Waals surface area contributed by atoms with Gasteiger partial charge in [0.2, 0.25) is 0 Å². The highest BCUT2D eigenvalue weighted by molar-refractivity contribution is 7.47. The second kappa shape index (κ2) is 67.2. The molecule has 19 heteroatoms. The van der Waals surface area contributed by atoms with Crippen molar-refractivity contribution in [2.45, 2.75) is 414 Å². The number of phosphoric ester groups is 2. The number of aliphatic hydroxyl groups is 1. The van der Waals surface area contributed by atoms with Gasteiger partial charge in [0, 0.05) is 25.7 Å². The monoisotopic (exact) mass is 1420 g/mol. The minimum Gasteiger partial charge on any atom is -0.462 e. The maximum Gasteiger partial charge on any atom is 0.472 e. The van der Waals surface area contributed by atoms with Crippen LogP contribution in [0.4, 0.5) is 0 Å². The summed E-state index contributed by atoms with van der Waals surface area (Å²) in [6.07, 6.45) is 52.5. The second-order valence-electron chi connectivity index (χ2n) is 29.8. The van der Waals surface area contributed by atoms with E-state index >= 15 is 0 Å². The van der Waals surface area contributed by atoms with Crippen LogP contribution in [0, 0.1) is 23.7 Å². The summed E-state index contributed by atoms with van der Waals surface area (Å²) in [6.45, 7) is 14.3. The van der Waals surface area contributed by atoms with Gasteiger partial charge < -0.3 is 33.8 Å². The third kappa shape index (κ3) is 70.9. The number of aliphatic hydroxyl groups excluding tert-OH is 1. The van der Waals surface area contributed by atoms with Gasteiger partial charge in [-0.05, 0) is 49.4 Å². The van der Waals surface area contributed by atoms with Crippen LogP contribution in [0.15, 0.2) is 0 Å². The van der Waals surface area contributed by atoms with Gasteiger partial charge in [0.15, 0.2) is 12.2 Å². The first-order chi connectivity index (χ1) is 46.6. The zero-order valence-electron chi connectivity index (χ0n) is 63.7. The van der Waals surface area contributed by atoms with Crippen molar-refractivity contribution in [3.63, 3.8) is 0 Å². The normalized spacial score (nSPS) is 14.4. The zero-order valence-corrected chi connectivity index (χ0v) is 65.5. The van der Waals surface area contributed by atoms with Crippen LogP contribution >= 0.6 is 15.6 Å². The number of phosphoric acid groups is 2. The summed E-state index contributed by atoms with van der Waals surface area (Å²) in [5, 5.41) is 10.6. The van der Waals surface area contributed by atoms with E-state index in [1.54, 1.807) is 0 Å². The summed E-state index contributed by atoms with van der Waals surface area (Å²) in [7, 11) is -9.92. The fourth-order valence-corrected chi connectivity index (χ4v) is 13.5. The standard InChI is InChI=1S/C78H152O17P2/c1-9-71(8)57-49-41-33-25-19-21-29-37-45-53-61-78(83)95-74(65-89-76(81)59-51-43-35-27-20-18-24-32-40-48-56-70(6)7)67-93-97(86,87)91-63-72(79)62-90-96(84,85)92-66-73(64-88-75(80)58-50-42-34-26-17-13-15-23-31-39-47-55-69(4)5)94-77(82)60-52-44-36-28-16-12-10-11-14-22-30-38-46-54-68(2)3/h68-74,79H,9-67H2,1-8H3,(H,84,85)(H,86,87)/t71?,72-,73-,74-/m1/s1. The fraction of sp³-hybridized carbons (Fsp3) is 0.949. The highest BCUT2D eigenvalue weighted by Crippen LogP contribution is 2.45. The maximum atomic E-state index is 13.1. The molecule has 0 rings (SSSR count). The Balaban J connectivity index is 5.28. The summed E-state index contributed by atoms with van der Waals surface area (Å²) in [4.78, 5) is 73.0. The van der Waals surface area contributed by atoms with Crippen LogP contribution in [-0.4, -0.2) is 96.7 Å². The quantitative estimate of drug-likeness (QED) is 0.0222. The molecule has 0 aliphatic heterocycles. The average molecular weight is 1420 g/mol. The number of esters is 4. The molecule has 576 valence electrons. The summed E-state index contributed by atoms with van der Waals surface area (Å²) < 4.78 is 68.7. The second-order valence-corrected chi connectivity index (χ2v) is 32.7. The SMILES string of the molecule is CCC(C)CCCCCCCCCCCCC(=O)O[C@H](COC(=O)CCCCCCCCCCCCC(C)C)COP(=O)(O)OC[C@H](O)COP(=O)(O)OC[C@@H](COC(=O)CCCCCCCCCCCCCC(C)C)OC(=O)CCCCCCCCCCCCCCCC(C)C. The van der Waals surface area contributed by atoms with Crippen molar-refractivity contribution >= 4 is 39.5 Å². The van der Waals surface area contributed by atoms with Gasteiger partial charge in [-0.15, -0.1) is 0 Å². The largest absolute Gasteiger partial charge is 0.472 e. The Morgan fingerprint density at radius 3 is 0.732 bits per heavy atom. The van der Waals surface area contributed by atoms with E-state index in [4.69, 9.17) is 37.0 Å². The number of rotatable bonds is 75. The third-order valence-corrected chi connectivity index (χ3v) is 20.3. The molecule has 0 saturated carbocycles. The number of unbranched alkanes of at least 4 members (excludes halogenated alkanes) is 40. The van der Waals surface area contributed by atoms with E-state index in [2.05, 4.69) is 55.4 Å². The Kier molecular flexibility index (Phi) is 65.9. The highest BCUT2D eigenvalue weighted by Gasteiger charge is 2.30. The lowest BCUT2D eigenvalue weighted by Crippen LogP contribution is -2.30. The molecule has 0 amide bonds. The van der Waals surface area contributed by atoms with Crippen molar-refractivity contribution in [2.24, 2.45) is 23.7 Å². The van der Waals surface area contributed by atoms with Gasteiger partial charge in [-0.2, -0.15) is 0 Å². The number of hydrogen-bond acceptors (Lipinski definition) is 15. The molecular weight excluding hydrogens is 1270 g/mol. The van der Waals surface area contributed by atoms with Crippen molar-refractivity contribution in [3.05, 3.63) is 0 Å². The minimum absolute atomic E-state index is 0.106. The number of ether oxygens (including phenoxy) is 4. The topological polar surface area (TPSA) is 237 Å². The lowest BCUT2D eigenvalue weighted by molar-refractivity contribution is -0.161. The molecule has 0 saturated heterocycles. The average Bonchev–Trinajstić information content (AvgIpc) is 2.80. The molecule has 0 fully saturated rings. The lowest BCUT2D eigenvalue weighted by atomic mass is 9.99. The van der Waals surface area contributed by atoms with Crippen LogP contribution in [0.25, 0.3) is 0 Å². The Morgan fingerprint density at radius 1 is 0.289 bits per heavy atom. The van der Waals surface area contributed by atoms with Gasteiger partial charge in [-0.25, -0.2) is 9.13 Å². The molecule has 0 aromatic carbocycles.